The van der Waals surface area contributed by atoms with E-state index in [0.717, 1.165) is 167 Å². The van der Waals surface area contributed by atoms with E-state index in [0.29, 0.717) is 117 Å². The number of hydrogen-bond donors (Lipinski definition) is 0. The molecule has 12 heteroatoms. The van der Waals surface area contributed by atoms with E-state index in [4.69, 9.17) is 28.4 Å². The minimum absolute atomic E-state index is 0.587. The van der Waals surface area contributed by atoms with Crippen molar-refractivity contribution in [3.8, 4) is 203 Å². The fourth-order valence-electron chi connectivity index (χ4n) is 21.6. The highest BCUT2D eigenvalue weighted by Crippen LogP contribution is 2.67. The molecule has 21 aromatic carbocycles. The minimum atomic E-state index is -3.58. The molecule has 0 N–H and O–H groups in total. The van der Waals surface area contributed by atoms with E-state index < -0.39 is 21.4 Å². The van der Waals surface area contributed by atoms with Crippen molar-refractivity contribution >= 4 is 69.2 Å². The summed E-state index contributed by atoms with van der Waals surface area (Å²) in [4.78, 5) is 0. The van der Waals surface area contributed by atoms with Crippen LogP contribution >= 0.6 is 21.4 Å². The zero-order chi connectivity index (χ0) is 97.2. The van der Waals surface area contributed by atoms with E-state index in [1.807, 2.05) is 218 Å². The van der Waals surface area contributed by atoms with Gasteiger partial charge in [0.2, 0.25) is 0 Å². The Hall–Kier alpha value is -16.9. The van der Waals surface area contributed by atoms with Crippen molar-refractivity contribution in [3.05, 3.63) is 488 Å². The van der Waals surface area contributed by atoms with Crippen LogP contribution in [-0.4, -0.2) is 0 Å². The molecule has 21 aromatic rings. The highest BCUT2D eigenvalue weighted by molar-refractivity contribution is 7.87. The molecule has 27 rings (SSSR count). The lowest BCUT2D eigenvalue weighted by atomic mass is 9.92. The number of fused-ring (bicyclic) bond motifs is 12. The Labute approximate surface area is 837 Å². The number of aryl methyl sites for hydroxylation is 6. The summed E-state index contributed by atoms with van der Waals surface area (Å²) in [6.45, 7) is 12.6. The number of benzene rings is 21. The molecule has 6 aliphatic rings. The number of ether oxygens (including phenoxy) is 6. The minimum Gasteiger partial charge on any atom is -0.455 e. The number of rotatable bonds is 12. The molecular weight excluding hydrogens is 1820 g/mol. The first-order valence-corrected chi connectivity index (χ1v) is 53.7. The predicted octanol–water partition coefficient (Wildman–Crippen LogP) is 32.5. The lowest BCUT2D eigenvalue weighted by molar-refractivity contribution is 0.463. The Morgan fingerprint density at radius 2 is 0.306 bits per heavy atom. The van der Waals surface area contributed by atoms with Crippen molar-refractivity contribution in [1.29, 1.82) is 0 Å². The van der Waals surface area contributed by atoms with Gasteiger partial charge in [0.15, 0.2) is 21.4 Å². The third-order valence-corrected chi connectivity index (χ3v) is 38.2. The van der Waals surface area contributed by atoms with Crippen molar-refractivity contribution < 1.29 is 42.1 Å². The smallest absolute Gasteiger partial charge is 0.185 e. The topological polar surface area (TPSA) is 107 Å². The average molecular weight is 1920 g/mol. The van der Waals surface area contributed by atoms with Gasteiger partial charge in [-0.1, -0.05) is 364 Å². The predicted molar refractivity (Wildman–Crippen MR) is 592 cm³/mol. The summed E-state index contributed by atoms with van der Waals surface area (Å²) in [6.07, 6.45) is 0. The summed E-state index contributed by atoms with van der Waals surface area (Å²) in [6, 6.07) is 154. The van der Waals surface area contributed by atoms with Crippen LogP contribution in [0.25, 0.3) is 134 Å². The molecule has 0 saturated heterocycles. The van der Waals surface area contributed by atoms with Crippen molar-refractivity contribution in [1.82, 2.24) is 0 Å². The van der Waals surface area contributed by atoms with E-state index in [9.17, 15) is 0 Å². The quantitative estimate of drug-likeness (QED) is 0.111. The van der Waals surface area contributed by atoms with Crippen molar-refractivity contribution in [2.24, 2.45) is 0 Å². The van der Waals surface area contributed by atoms with Gasteiger partial charge in [0.25, 0.3) is 0 Å². The van der Waals surface area contributed by atoms with Crippen LogP contribution in [0.1, 0.15) is 33.4 Å². The Bertz CT molecular complexity index is 8420. The van der Waals surface area contributed by atoms with E-state index in [-0.39, 0.29) is 0 Å². The fourth-order valence-corrected chi connectivity index (χ4v) is 31.0. The van der Waals surface area contributed by atoms with Gasteiger partial charge in [0.1, 0.15) is 84.9 Å². The van der Waals surface area contributed by atoms with E-state index in [1.54, 1.807) is 0 Å². The van der Waals surface area contributed by atoms with Crippen LogP contribution in [0.4, 0.5) is 0 Å². The standard InChI is InChI=1S/3C44H31O3P/c1-28-13-9-11-19-34(28)33-22-24-39-41(26-33)48(45)40-25-32(30-15-5-3-6-16-30)21-23-38(40)47-43-37(35-20-12-10-14-29(35)2)27-36(42(46-39)44(43)48)31-17-7-4-8-18-31;1-28-13-9-11-19-34(28)33-22-24-39-41(26-33)48(45)40-25-32(30-15-5-3-6-16-30)21-23-38(40)46-42-36(31-17-7-4-8-18-31)27-37(43(47-39)44(42)48)35-20-12-10-14-29(35)2;1-28-13-9-11-19-34(28)36-27-37(35-20-12-10-14-29(35)2)43-44-42(36)46-38-23-21-32(30-15-5-3-6-16-30)25-40(38)48(44,45)41-26-33(22-24-39(41)47-43)31-17-7-4-8-18-31/h3*3-27H,1-2H3. The molecule has 0 bridgehead atoms. The molecule has 9 nitrogen and oxygen atoms in total. The molecule has 0 spiro atoms. The second-order valence-electron chi connectivity index (χ2n) is 37.6. The Morgan fingerprint density at radius 3 is 0.521 bits per heavy atom. The first-order valence-electron chi connectivity index (χ1n) is 48.6. The van der Waals surface area contributed by atoms with Gasteiger partial charge in [0.05, 0.1) is 31.8 Å². The molecule has 144 heavy (non-hydrogen) atoms. The summed E-state index contributed by atoms with van der Waals surface area (Å²) < 4.78 is 91.5. The lowest BCUT2D eigenvalue weighted by Crippen LogP contribution is -2.36. The molecule has 0 saturated carbocycles. The van der Waals surface area contributed by atoms with Crippen molar-refractivity contribution in [2.45, 2.75) is 41.5 Å². The van der Waals surface area contributed by atoms with Gasteiger partial charge in [-0.25, -0.2) is 0 Å². The monoisotopic (exact) mass is 1910 g/mol. The van der Waals surface area contributed by atoms with Gasteiger partial charge < -0.3 is 42.1 Å². The summed E-state index contributed by atoms with van der Waals surface area (Å²) in [5.41, 5.74) is 30.5. The van der Waals surface area contributed by atoms with Crippen LogP contribution in [0.5, 0.6) is 69.0 Å². The zero-order valence-electron chi connectivity index (χ0n) is 79.8. The summed E-state index contributed by atoms with van der Waals surface area (Å²) >= 11 is 0. The van der Waals surface area contributed by atoms with E-state index in [1.165, 1.54) is 0 Å². The van der Waals surface area contributed by atoms with Crippen LogP contribution in [0.2, 0.25) is 0 Å². The van der Waals surface area contributed by atoms with Crippen LogP contribution in [0.3, 0.4) is 0 Å². The second-order valence-corrected chi connectivity index (χ2v) is 45.4. The van der Waals surface area contributed by atoms with Gasteiger partial charge in [0, 0.05) is 33.4 Å². The van der Waals surface area contributed by atoms with E-state index >= 15 is 13.7 Å². The molecule has 0 aliphatic carbocycles. The normalized spacial score (nSPS) is 14.7. The number of hydrogen-bond acceptors (Lipinski definition) is 9. The molecule has 0 amide bonds. The van der Waals surface area contributed by atoms with Crippen LogP contribution in [-0.2, 0) is 13.7 Å². The zero-order valence-corrected chi connectivity index (χ0v) is 82.5. The fraction of sp³-hybridized carbons (Fsp3) is 0.0455. The molecular formula is C132H93O9P3. The molecule has 0 aromatic heterocycles. The van der Waals surface area contributed by atoms with Crippen LogP contribution in [0.15, 0.2) is 455 Å². The molecule has 6 heterocycles. The van der Waals surface area contributed by atoms with Gasteiger partial charge >= 0.3 is 0 Å². The molecule has 2 unspecified atom stereocenters. The maximum Gasteiger partial charge on any atom is 0.185 e. The van der Waals surface area contributed by atoms with Crippen LogP contribution in [0, 0.1) is 41.5 Å². The third-order valence-electron chi connectivity index (χ3n) is 28.9. The molecule has 0 fully saturated rings. The van der Waals surface area contributed by atoms with E-state index in [2.05, 4.69) is 278 Å². The molecule has 2 atom stereocenters. The Morgan fingerprint density at radius 1 is 0.139 bits per heavy atom. The van der Waals surface area contributed by atoms with Crippen molar-refractivity contribution in [3.63, 3.8) is 0 Å². The summed E-state index contributed by atoms with van der Waals surface area (Å²) in [5.74, 6) is 7.17. The Kier molecular flexibility index (Phi) is 22.0. The highest BCUT2D eigenvalue weighted by atomic mass is 31.2. The largest absolute Gasteiger partial charge is 0.455 e. The molecule has 0 radical (unpaired) electrons. The highest BCUT2D eigenvalue weighted by Gasteiger charge is 2.53. The summed E-state index contributed by atoms with van der Waals surface area (Å²) in [7, 11) is -10.8. The maximum absolute atomic E-state index is 16.7. The molecule has 6 aliphatic heterocycles. The SMILES string of the molecule is Cc1ccccc1-c1cc(-c2ccccc2C)c2c3c1Oc1ccc(-c4ccccc4)cc1P3(=O)c1cc(-c3ccccc3)ccc1O2.Cc1ccccc1-c1ccc2c(c1)P1(=O)c3cc(-c4ccccc4)ccc3Oc3c(-c4ccccc4)cc(-c4ccccc4C)c(c31)O2.Cc1ccccc1-c1ccc2c(c1)P1(=O)c3cc(-c4ccccc4)ccc3Oc3c(-c4ccccc4C)cc(-c4ccccc4)c(c31)O2. The van der Waals surface area contributed by atoms with Gasteiger partial charge in [-0.3, -0.25) is 0 Å². The lowest BCUT2D eigenvalue weighted by Gasteiger charge is -2.37. The Balaban J connectivity index is 0.000000113. The first kappa shape index (κ1) is 88.5. The average Bonchev–Trinajstić information content (AvgIpc) is 0.692. The molecule has 690 valence electrons. The second kappa shape index (κ2) is 35.7. The summed E-state index contributed by atoms with van der Waals surface area (Å²) in [5, 5.41) is 5.98. The maximum atomic E-state index is 16.7. The van der Waals surface area contributed by atoms with Crippen LogP contribution < -0.4 is 76.2 Å². The van der Waals surface area contributed by atoms with Crippen molar-refractivity contribution in [2.75, 3.05) is 0 Å². The van der Waals surface area contributed by atoms with Gasteiger partial charge in [-0.15, -0.1) is 0 Å². The van der Waals surface area contributed by atoms with Gasteiger partial charge in [-0.2, -0.15) is 0 Å². The first-order chi connectivity index (χ1) is 70.5. The third kappa shape index (κ3) is 14.8. The van der Waals surface area contributed by atoms with Gasteiger partial charge in [-0.05, 0) is 266 Å².